The molecule has 1 N–H and O–H groups in total. The largest absolute Gasteiger partial charge is 0.311 e. The fraction of sp³-hybridized carbons (Fsp3) is 0.556. The summed E-state index contributed by atoms with van der Waals surface area (Å²) in [5, 5.41) is 3.41. The van der Waals surface area contributed by atoms with Gasteiger partial charge in [0, 0.05) is 28.6 Å². The predicted octanol–water partition coefficient (Wildman–Crippen LogP) is 2.51. The van der Waals surface area contributed by atoms with Crippen LogP contribution in [0.15, 0.2) is 12.1 Å². The monoisotopic (exact) mass is 201 g/mol. The summed E-state index contributed by atoms with van der Waals surface area (Å²) in [6, 6.07) is 4.38. The first-order valence-corrected chi connectivity index (χ1v) is 6.29. The lowest BCUT2D eigenvalue weighted by atomic mass is 10.4. The van der Waals surface area contributed by atoms with Crippen molar-refractivity contribution in [3.8, 4) is 0 Å². The van der Waals surface area contributed by atoms with E-state index < -0.39 is 0 Å². The number of aryl methyl sites for hydroxylation is 1. The Labute approximate surface area is 82.6 Å². The van der Waals surface area contributed by atoms with E-state index in [4.69, 9.17) is 0 Å². The molecule has 3 heteroatoms. The first-order valence-electron chi connectivity index (χ1n) is 4.08. The molecule has 0 spiro atoms. The average Bonchev–Trinajstić information content (AvgIpc) is 2.45. The van der Waals surface area contributed by atoms with Crippen molar-refractivity contribution in [2.45, 2.75) is 13.5 Å². The van der Waals surface area contributed by atoms with Crippen molar-refractivity contribution >= 4 is 23.1 Å². The molecule has 0 unspecified atom stereocenters. The molecule has 0 amide bonds. The molecule has 0 aliphatic heterocycles. The first-order chi connectivity index (χ1) is 5.83. The van der Waals surface area contributed by atoms with Crippen LogP contribution in [0.1, 0.15) is 9.75 Å². The van der Waals surface area contributed by atoms with E-state index in [1.165, 1.54) is 15.5 Å². The van der Waals surface area contributed by atoms with Crippen LogP contribution in [0.3, 0.4) is 0 Å². The Balaban J connectivity index is 2.15. The molecule has 1 aromatic rings. The lowest BCUT2D eigenvalue weighted by Gasteiger charge is -1.99. The van der Waals surface area contributed by atoms with Gasteiger partial charge in [-0.15, -0.1) is 11.3 Å². The highest BCUT2D eigenvalue weighted by molar-refractivity contribution is 7.98. The Morgan fingerprint density at radius 3 is 2.92 bits per heavy atom. The van der Waals surface area contributed by atoms with Crippen LogP contribution in [0.2, 0.25) is 0 Å². The zero-order valence-corrected chi connectivity index (χ0v) is 9.23. The quantitative estimate of drug-likeness (QED) is 0.735. The van der Waals surface area contributed by atoms with E-state index in [0.717, 1.165) is 13.1 Å². The van der Waals surface area contributed by atoms with Crippen LogP contribution < -0.4 is 5.32 Å². The molecule has 0 fully saturated rings. The normalized spacial score (nSPS) is 10.5. The topological polar surface area (TPSA) is 12.0 Å². The van der Waals surface area contributed by atoms with Crippen molar-refractivity contribution in [3.05, 3.63) is 21.9 Å². The van der Waals surface area contributed by atoms with Gasteiger partial charge in [-0.2, -0.15) is 11.8 Å². The molecule has 1 nitrogen and oxygen atoms in total. The van der Waals surface area contributed by atoms with E-state index in [1.807, 2.05) is 23.1 Å². The summed E-state index contributed by atoms with van der Waals surface area (Å²) in [6.45, 7) is 4.28. The van der Waals surface area contributed by atoms with E-state index in [0.29, 0.717) is 0 Å². The third-order valence-corrected chi connectivity index (χ3v) is 3.19. The molecule has 0 saturated heterocycles. The molecule has 12 heavy (non-hydrogen) atoms. The summed E-state index contributed by atoms with van der Waals surface area (Å²) < 4.78 is 0. The summed E-state index contributed by atoms with van der Waals surface area (Å²) in [5.41, 5.74) is 0. The molecule has 0 aliphatic carbocycles. The summed E-state index contributed by atoms with van der Waals surface area (Å²) in [5.74, 6) is 1.20. The van der Waals surface area contributed by atoms with Crippen LogP contribution in [0.25, 0.3) is 0 Å². The maximum atomic E-state index is 3.41. The lowest BCUT2D eigenvalue weighted by molar-refractivity contribution is 0.741. The maximum absolute atomic E-state index is 3.41. The molecule has 1 rings (SSSR count). The Kier molecular flexibility index (Phi) is 4.73. The van der Waals surface area contributed by atoms with Crippen molar-refractivity contribution < 1.29 is 0 Å². The van der Waals surface area contributed by atoms with Gasteiger partial charge in [0.25, 0.3) is 0 Å². The molecule has 1 aromatic heterocycles. The number of hydrogen-bond donors (Lipinski definition) is 1. The van der Waals surface area contributed by atoms with E-state index >= 15 is 0 Å². The van der Waals surface area contributed by atoms with Gasteiger partial charge >= 0.3 is 0 Å². The minimum atomic E-state index is 1.03. The zero-order valence-electron chi connectivity index (χ0n) is 7.59. The molecule has 1 heterocycles. The van der Waals surface area contributed by atoms with Crippen LogP contribution in [-0.4, -0.2) is 18.6 Å². The van der Waals surface area contributed by atoms with Gasteiger partial charge in [-0.25, -0.2) is 0 Å². The molecular formula is C9H15NS2. The number of hydrogen-bond acceptors (Lipinski definition) is 3. The van der Waals surface area contributed by atoms with Crippen molar-refractivity contribution in [1.29, 1.82) is 0 Å². The zero-order chi connectivity index (χ0) is 8.81. The third-order valence-electron chi connectivity index (χ3n) is 1.58. The van der Waals surface area contributed by atoms with Gasteiger partial charge in [-0.1, -0.05) is 0 Å². The van der Waals surface area contributed by atoms with Gasteiger partial charge in [0.15, 0.2) is 0 Å². The minimum absolute atomic E-state index is 1.03. The molecule has 0 aromatic carbocycles. The SMILES string of the molecule is CSCCNCc1ccc(C)s1. The number of thioether (sulfide) groups is 1. The van der Waals surface area contributed by atoms with Gasteiger partial charge < -0.3 is 5.32 Å². The highest BCUT2D eigenvalue weighted by atomic mass is 32.2. The molecule has 0 bridgehead atoms. The van der Waals surface area contributed by atoms with Crippen molar-refractivity contribution in [2.75, 3.05) is 18.6 Å². The smallest absolute Gasteiger partial charge is 0.0300 e. The van der Waals surface area contributed by atoms with E-state index in [-0.39, 0.29) is 0 Å². The van der Waals surface area contributed by atoms with Gasteiger partial charge in [-0.05, 0) is 25.3 Å². The highest BCUT2D eigenvalue weighted by Gasteiger charge is 1.94. The van der Waals surface area contributed by atoms with E-state index in [9.17, 15) is 0 Å². The van der Waals surface area contributed by atoms with Gasteiger partial charge in [0.05, 0.1) is 0 Å². The fourth-order valence-corrected chi connectivity index (χ4v) is 2.17. The highest BCUT2D eigenvalue weighted by Crippen LogP contribution is 2.14. The van der Waals surface area contributed by atoms with Gasteiger partial charge in [0.2, 0.25) is 0 Å². The Morgan fingerprint density at radius 1 is 1.50 bits per heavy atom. The lowest BCUT2D eigenvalue weighted by Crippen LogP contribution is -2.15. The average molecular weight is 201 g/mol. The molecule has 0 saturated carbocycles. The minimum Gasteiger partial charge on any atom is -0.311 e. The molecular weight excluding hydrogens is 186 g/mol. The number of nitrogens with one attached hydrogen (secondary N) is 1. The summed E-state index contributed by atoms with van der Waals surface area (Å²) >= 11 is 3.76. The summed E-state index contributed by atoms with van der Waals surface area (Å²) in [7, 11) is 0. The number of thiophene rings is 1. The molecule has 0 aliphatic rings. The Bertz CT molecular complexity index is 220. The van der Waals surface area contributed by atoms with Crippen LogP contribution in [0.5, 0.6) is 0 Å². The van der Waals surface area contributed by atoms with E-state index in [2.05, 4.69) is 30.6 Å². The number of rotatable bonds is 5. The predicted molar refractivity (Wildman–Crippen MR) is 59.1 cm³/mol. The van der Waals surface area contributed by atoms with E-state index in [1.54, 1.807) is 0 Å². The van der Waals surface area contributed by atoms with Crippen LogP contribution in [0, 0.1) is 6.92 Å². The summed E-state index contributed by atoms with van der Waals surface area (Å²) in [6.07, 6.45) is 2.14. The van der Waals surface area contributed by atoms with Crippen molar-refractivity contribution in [1.82, 2.24) is 5.32 Å². The Morgan fingerprint density at radius 2 is 2.33 bits per heavy atom. The first kappa shape index (κ1) is 10.1. The molecule has 68 valence electrons. The summed E-state index contributed by atoms with van der Waals surface area (Å²) in [4.78, 5) is 2.84. The maximum Gasteiger partial charge on any atom is 0.0300 e. The van der Waals surface area contributed by atoms with Crippen molar-refractivity contribution in [2.24, 2.45) is 0 Å². The van der Waals surface area contributed by atoms with Crippen LogP contribution >= 0.6 is 23.1 Å². The van der Waals surface area contributed by atoms with Crippen LogP contribution in [-0.2, 0) is 6.54 Å². The third kappa shape index (κ3) is 3.61. The fourth-order valence-electron chi connectivity index (χ4n) is 0.966. The molecule has 0 radical (unpaired) electrons. The standard InChI is InChI=1S/C9H15NS2/c1-8-3-4-9(12-8)7-10-5-6-11-2/h3-4,10H,5-7H2,1-2H3. The second kappa shape index (κ2) is 5.62. The second-order valence-electron chi connectivity index (χ2n) is 2.68. The molecule has 0 atom stereocenters. The van der Waals surface area contributed by atoms with Gasteiger partial charge in [0.1, 0.15) is 0 Å². The van der Waals surface area contributed by atoms with Gasteiger partial charge in [-0.3, -0.25) is 0 Å². The Hall–Kier alpha value is 0.01000. The van der Waals surface area contributed by atoms with Crippen molar-refractivity contribution in [3.63, 3.8) is 0 Å². The second-order valence-corrected chi connectivity index (χ2v) is 5.04. The van der Waals surface area contributed by atoms with Crippen LogP contribution in [0.4, 0.5) is 0 Å².